The summed E-state index contributed by atoms with van der Waals surface area (Å²) in [4.78, 5) is 11.5. The second-order valence-corrected chi connectivity index (χ2v) is 5.47. The molecule has 0 aromatic heterocycles. The number of hydrogen-bond donors (Lipinski definition) is 2. The van der Waals surface area contributed by atoms with Crippen LogP contribution in [0, 0.1) is 5.41 Å². The molecular weight excluding hydrogens is 188 g/mol. The standard InChI is InChI=1S/C12H22N2O/c1-12(7-2-3-8-12)9-13-11(15)14-10-5-4-6-10/h10H,2-9H2,1H3,(H2,13,14,15). The SMILES string of the molecule is CC1(CNC(=O)NC2CCC2)CCCC1. The van der Waals surface area contributed by atoms with Gasteiger partial charge < -0.3 is 10.6 Å². The zero-order chi connectivity index (χ0) is 10.7. The fraction of sp³-hybridized carbons (Fsp3) is 0.917. The second-order valence-electron chi connectivity index (χ2n) is 5.47. The monoisotopic (exact) mass is 210 g/mol. The number of hydrogen-bond acceptors (Lipinski definition) is 1. The highest BCUT2D eigenvalue weighted by Gasteiger charge is 2.29. The van der Waals surface area contributed by atoms with Crippen LogP contribution >= 0.6 is 0 Å². The molecule has 0 bridgehead atoms. The molecule has 0 atom stereocenters. The molecule has 2 aliphatic rings. The van der Waals surface area contributed by atoms with Crippen molar-refractivity contribution in [2.24, 2.45) is 5.41 Å². The first-order valence-electron chi connectivity index (χ1n) is 6.22. The Kier molecular flexibility index (Phi) is 3.17. The van der Waals surface area contributed by atoms with E-state index < -0.39 is 0 Å². The summed E-state index contributed by atoms with van der Waals surface area (Å²) in [5.74, 6) is 0. The van der Waals surface area contributed by atoms with E-state index in [-0.39, 0.29) is 6.03 Å². The van der Waals surface area contributed by atoms with E-state index in [0.717, 1.165) is 19.4 Å². The average Bonchev–Trinajstić information content (AvgIpc) is 2.57. The summed E-state index contributed by atoms with van der Waals surface area (Å²) < 4.78 is 0. The van der Waals surface area contributed by atoms with Crippen LogP contribution < -0.4 is 10.6 Å². The van der Waals surface area contributed by atoms with Crippen LogP contribution in [-0.2, 0) is 0 Å². The van der Waals surface area contributed by atoms with Gasteiger partial charge in [0.2, 0.25) is 0 Å². The summed E-state index contributed by atoms with van der Waals surface area (Å²) in [6.07, 6.45) is 8.75. The molecule has 2 amide bonds. The second kappa shape index (κ2) is 4.42. The molecule has 0 aliphatic heterocycles. The molecule has 86 valence electrons. The fourth-order valence-corrected chi connectivity index (χ4v) is 2.49. The summed E-state index contributed by atoms with van der Waals surface area (Å²) in [6.45, 7) is 3.12. The maximum absolute atomic E-state index is 11.5. The summed E-state index contributed by atoms with van der Waals surface area (Å²) in [7, 11) is 0. The summed E-state index contributed by atoms with van der Waals surface area (Å²) >= 11 is 0. The number of nitrogens with one attached hydrogen (secondary N) is 2. The van der Waals surface area contributed by atoms with Crippen LogP contribution in [0.15, 0.2) is 0 Å². The van der Waals surface area contributed by atoms with E-state index in [1.165, 1.54) is 32.1 Å². The third-order valence-electron chi connectivity index (χ3n) is 3.93. The highest BCUT2D eigenvalue weighted by atomic mass is 16.2. The van der Waals surface area contributed by atoms with Gasteiger partial charge in [-0.2, -0.15) is 0 Å². The third-order valence-corrected chi connectivity index (χ3v) is 3.93. The lowest BCUT2D eigenvalue weighted by Gasteiger charge is -2.28. The van der Waals surface area contributed by atoms with Gasteiger partial charge in [0.15, 0.2) is 0 Å². The van der Waals surface area contributed by atoms with Crippen molar-refractivity contribution in [3.8, 4) is 0 Å². The molecule has 0 radical (unpaired) electrons. The van der Waals surface area contributed by atoms with Crippen LogP contribution in [0.2, 0.25) is 0 Å². The molecule has 0 saturated heterocycles. The molecule has 0 aromatic carbocycles. The van der Waals surface area contributed by atoms with E-state index >= 15 is 0 Å². The lowest BCUT2D eigenvalue weighted by atomic mass is 9.89. The molecule has 0 unspecified atom stereocenters. The van der Waals surface area contributed by atoms with Gasteiger partial charge in [-0.1, -0.05) is 19.8 Å². The van der Waals surface area contributed by atoms with E-state index in [1.54, 1.807) is 0 Å². The first-order valence-corrected chi connectivity index (χ1v) is 6.22. The number of carbonyl (C=O) groups is 1. The normalized spacial score (nSPS) is 24.6. The van der Waals surface area contributed by atoms with Gasteiger partial charge >= 0.3 is 6.03 Å². The average molecular weight is 210 g/mol. The number of amides is 2. The molecule has 15 heavy (non-hydrogen) atoms. The molecule has 2 saturated carbocycles. The maximum atomic E-state index is 11.5. The molecule has 0 aromatic rings. The van der Waals surface area contributed by atoms with Crippen molar-refractivity contribution in [3.63, 3.8) is 0 Å². The summed E-state index contributed by atoms with van der Waals surface area (Å²) in [5, 5.41) is 6.02. The minimum absolute atomic E-state index is 0.0350. The molecule has 3 nitrogen and oxygen atoms in total. The molecule has 2 rings (SSSR count). The minimum atomic E-state index is 0.0350. The Hall–Kier alpha value is -0.730. The van der Waals surface area contributed by atoms with Crippen molar-refractivity contribution in [3.05, 3.63) is 0 Å². The lowest BCUT2D eigenvalue weighted by Crippen LogP contribution is -2.47. The van der Waals surface area contributed by atoms with Gasteiger partial charge in [0.1, 0.15) is 0 Å². The van der Waals surface area contributed by atoms with Crippen LogP contribution in [-0.4, -0.2) is 18.6 Å². The fourth-order valence-electron chi connectivity index (χ4n) is 2.49. The first-order chi connectivity index (χ1) is 7.18. The van der Waals surface area contributed by atoms with Crippen molar-refractivity contribution in [2.75, 3.05) is 6.54 Å². The molecular formula is C12H22N2O. The zero-order valence-corrected chi connectivity index (χ0v) is 9.64. The Labute approximate surface area is 92.0 Å². The Morgan fingerprint density at radius 1 is 1.27 bits per heavy atom. The molecule has 2 N–H and O–H groups in total. The van der Waals surface area contributed by atoms with Crippen LogP contribution in [0.5, 0.6) is 0 Å². The van der Waals surface area contributed by atoms with Crippen LogP contribution in [0.4, 0.5) is 4.79 Å². The van der Waals surface area contributed by atoms with Crippen molar-refractivity contribution >= 4 is 6.03 Å². The van der Waals surface area contributed by atoms with Crippen molar-refractivity contribution < 1.29 is 4.79 Å². The van der Waals surface area contributed by atoms with E-state index in [9.17, 15) is 4.79 Å². The zero-order valence-electron chi connectivity index (χ0n) is 9.64. The maximum Gasteiger partial charge on any atom is 0.315 e. The Morgan fingerprint density at radius 2 is 1.93 bits per heavy atom. The third kappa shape index (κ3) is 2.86. The van der Waals surface area contributed by atoms with Gasteiger partial charge in [0, 0.05) is 12.6 Å². The molecule has 0 heterocycles. The Balaban J connectivity index is 1.65. The van der Waals surface area contributed by atoms with Crippen LogP contribution in [0.25, 0.3) is 0 Å². The predicted molar refractivity (Wildman–Crippen MR) is 60.7 cm³/mol. The minimum Gasteiger partial charge on any atom is -0.338 e. The summed E-state index contributed by atoms with van der Waals surface area (Å²) in [5.41, 5.74) is 0.358. The summed E-state index contributed by atoms with van der Waals surface area (Å²) in [6, 6.07) is 0.481. The largest absolute Gasteiger partial charge is 0.338 e. The van der Waals surface area contributed by atoms with Gasteiger partial charge in [0.05, 0.1) is 0 Å². The van der Waals surface area contributed by atoms with E-state index in [1.807, 2.05) is 0 Å². The smallest absolute Gasteiger partial charge is 0.315 e. The number of urea groups is 1. The Morgan fingerprint density at radius 3 is 2.47 bits per heavy atom. The molecule has 3 heteroatoms. The van der Waals surface area contributed by atoms with Crippen molar-refractivity contribution in [2.45, 2.75) is 57.9 Å². The molecule has 2 aliphatic carbocycles. The van der Waals surface area contributed by atoms with Crippen LogP contribution in [0.3, 0.4) is 0 Å². The van der Waals surface area contributed by atoms with E-state index in [2.05, 4.69) is 17.6 Å². The van der Waals surface area contributed by atoms with E-state index in [4.69, 9.17) is 0 Å². The lowest BCUT2D eigenvalue weighted by molar-refractivity contribution is 0.220. The van der Waals surface area contributed by atoms with Gasteiger partial charge in [-0.15, -0.1) is 0 Å². The Bertz CT molecular complexity index is 230. The molecule has 2 fully saturated rings. The van der Waals surface area contributed by atoms with Crippen LogP contribution in [0.1, 0.15) is 51.9 Å². The van der Waals surface area contributed by atoms with E-state index in [0.29, 0.717) is 11.5 Å². The van der Waals surface area contributed by atoms with Crippen molar-refractivity contribution in [1.29, 1.82) is 0 Å². The highest BCUT2D eigenvalue weighted by molar-refractivity contribution is 5.74. The highest BCUT2D eigenvalue weighted by Crippen LogP contribution is 2.36. The number of carbonyl (C=O) groups excluding carboxylic acids is 1. The first kappa shape index (κ1) is 10.8. The number of rotatable bonds is 3. The van der Waals surface area contributed by atoms with Gasteiger partial charge in [-0.25, -0.2) is 4.79 Å². The quantitative estimate of drug-likeness (QED) is 0.738. The predicted octanol–water partition coefficient (Wildman–Crippen LogP) is 2.42. The van der Waals surface area contributed by atoms with Gasteiger partial charge in [-0.05, 0) is 37.5 Å². The topological polar surface area (TPSA) is 41.1 Å². The van der Waals surface area contributed by atoms with Gasteiger partial charge in [-0.3, -0.25) is 0 Å². The van der Waals surface area contributed by atoms with Gasteiger partial charge in [0.25, 0.3) is 0 Å². The molecule has 0 spiro atoms. The van der Waals surface area contributed by atoms with Crippen molar-refractivity contribution in [1.82, 2.24) is 10.6 Å².